The van der Waals surface area contributed by atoms with E-state index in [4.69, 9.17) is 10.5 Å². The number of hydrogen-bond acceptors (Lipinski definition) is 4. The fourth-order valence-electron chi connectivity index (χ4n) is 3.84. The molecule has 4 heteroatoms. The summed E-state index contributed by atoms with van der Waals surface area (Å²) in [6.07, 6.45) is 7.92. The van der Waals surface area contributed by atoms with Gasteiger partial charge in [0, 0.05) is 24.3 Å². The van der Waals surface area contributed by atoms with Crippen LogP contribution in [0.15, 0.2) is 22.8 Å². The van der Waals surface area contributed by atoms with Gasteiger partial charge in [-0.25, -0.2) is 0 Å². The van der Waals surface area contributed by atoms with E-state index in [1.165, 1.54) is 19.3 Å². The van der Waals surface area contributed by atoms with Gasteiger partial charge >= 0.3 is 0 Å². The van der Waals surface area contributed by atoms with Crippen LogP contribution in [0.1, 0.15) is 51.4 Å². The topological polar surface area (TPSA) is 76.1 Å². The minimum absolute atomic E-state index is 0.114. The molecule has 1 saturated carbocycles. The van der Waals surface area contributed by atoms with Crippen LogP contribution in [0.5, 0.6) is 0 Å². The molecule has 0 aromatic carbocycles. The Bertz CT molecular complexity index is 533. The largest absolute Gasteiger partial charge is 0.444 e. The molecule has 1 heterocycles. The Morgan fingerprint density at radius 2 is 1.90 bits per heavy atom. The van der Waals surface area contributed by atoms with Gasteiger partial charge in [0.1, 0.15) is 11.8 Å². The molecule has 2 aliphatic carbocycles. The number of Topliss-reactive ketones (excluding diaryl/α,β-unsaturated/α-hetero) is 1. The molecule has 0 bridgehead atoms. The van der Waals surface area contributed by atoms with Gasteiger partial charge in [0.25, 0.3) is 0 Å². The standard InChI is InChI=1S/C16H20N2O2/c17-9-11-14(10-5-2-1-3-6-10)15-12(19)7-4-8-13(15)20-16(11)18/h10,14H,1-8,18H2. The third-order valence-corrected chi connectivity index (χ3v) is 4.77. The summed E-state index contributed by atoms with van der Waals surface area (Å²) < 4.78 is 5.58. The van der Waals surface area contributed by atoms with E-state index in [0.717, 1.165) is 37.0 Å². The molecule has 0 aromatic heterocycles. The minimum Gasteiger partial charge on any atom is -0.444 e. The van der Waals surface area contributed by atoms with Crippen molar-refractivity contribution in [3.63, 3.8) is 0 Å². The highest BCUT2D eigenvalue weighted by atomic mass is 16.5. The zero-order valence-electron chi connectivity index (χ0n) is 11.7. The van der Waals surface area contributed by atoms with Crippen molar-refractivity contribution in [1.29, 1.82) is 5.26 Å². The average molecular weight is 272 g/mol. The summed E-state index contributed by atoms with van der Waals surface area (Å²) in [4.78, 5) is 12.3. The van der Waals surface area contributed by atoms with Crippen LogP contribution < -0.4 is 5.73 Å². The number of ether oxygens (including phenoxy) is 1. The lowest BCUT2D eigenvalue weighted by atomic mass is 9.70. The van der Waals surface area contributed by atoms with Crippen LogP contribution in [0.4, 0.5) is 0 Å². The first-order valence-electron chi connectivity index (χ1n) is 7.56. The van der Waals surface area contributed by atoms with Crippen LogP contribution in [-0.4, -0.2) is 5.78 Å². The Morgan fingerprint density at radius 3 is 2.60 bits per heavy atom. The summed E-state index contributed by atoms with van der Waals surface area (Å²) in [7, 11) is 0. The summed E-state index contributed by atoms with van der Waals surface area (Å²) >= 11 is 0. The average Bonchev–Trinajstić information content (AvgIpc) is 2.47. The van der Waals surface area contributed by atoms with Gasteiger partial charge in [-0.3, -0.25) is 4.79 Å². The lowest BCUT2D eigenvalue weighted by Crippen LogP contribution is -2.33. The van der Waals surface area contributed by atoms with Crippen LogP contribution in [0.2, 0.25) is 0 Å². The van der Waals surface area contributed by atoms with Crippen molar-refractivity contribution in [1.82, 2.24) is 0 Å². The summed E-state index contributed by atoms with van der Waals surface area (Å²) in [5.74, 6) is 1.36. The molecule has 0 spiro atoms. The minimum atomic E-state index is -0.114. The molecule has 1 atom stereocenters. The SMILES string of the molecule is N#CC1=C(N)OC2=C(C(=O)CCC2)C1C1CCCCC1. The number of nitriles is 1. The number of nitrogens with zero attached hydrogens (tertiary/aromatic N) is 1. The number of carbonyl (C=O) groups is 1. The van der Waals surface area contributed by atoms with Gasteiger partial charge in [-0.05, 0) is 25.2 Å². The highest BCUT2D eigenvalue weighted by molar-refractivity contribution is 5.98. The number of rotatable bonds is 1. The van der Waals surface area contributed by atoms with Crippen LogP contribution in [0.3, 0.4) is 0 Å². The van der Waals surface area contributed by atoms with Gasteiger partial charge in [0.15, 0.2) is 5.78 Å². The summed E-state index contributed by atoms with van der Waals surface area (Å²) in [6, 6.07) is 2.20. The van der Waals surface area contributed by atoms with E-state index in [1.807, 2.05) is 0 Å². The number of carbonyl (C=O) groups excluding carboxylic acids is 1. The van der Waals surface area contributed by atoms with Crippen molar-refractivity contribution in [3.05, 3.63) is 22.8 Å². The molecule has 0 saturated heterocycles. The lowest BCUT2D eigenvalue weighted by molar-refractivity contribution is -0.117. The predicted octanol–water partition coefficient (Wildman–Crippen LogP) is 2.91. The van der Waals surface area contributed by atoms with E-state index in [-0.39, 0.29) is 17.6 Å². The van der Waals surface area contributed by atoms with Crippen LogP contribution >= 0.6 is 0 Å². The maximum atomic E-state index is 12.3. The maximum absolute atomic E-state index is 12.3. The smallest absolute Gasteiger partial charge is 0.204 e. The molecule has 2 N–H and O–H groups in total. The Kier molecular flexibility index (Phi) is 3.52. The van der Waals surface area contributed by atoms with Crippen molar-refractivity contribution >= 4 is 5.78 Å². The van der Waals surface area contributed by atoms with E-state index in [0.29, 0.717) is 17.9 Å². The first kappa shape index (κ1) is 13.2. The zero-order valence-corrected chi connectivity index (χ0v) is 11.7. The van der Waals surface area contributed by atoms with Gasteiger partial charge in [0.2, 0.25) is 5.88 Å². The van der Waals surface area contributed by atoms with Crippen molar-refractivity contribution in [2.45, 2.75) is 51.4 Å². The number of ketones is 1. The molecule has 0 radical (unpaired) electrons. The molecule has 3 aliphatic rings. The van der Waals surface area contributed by atoms with Gasteiger partial charge < -0.3 is 10.5 Å². The van der Waals surface area contributed by atoms with Crippen LogP contribution in [-0.2, 0) is 9.53 Å². The molecule has 1 aliphatic heterocycles. The van der Waals surface area contributed by atoms with Gasteiger partial charge in [-0.1, -0.05) is 19.3 Å². The van der Waals surface area contributed by atoms with E-state index in [9.17, 15) is 10.1 Å². The molecule has 3 rings (SSSR count). The van der Waals surface area contributed by atoms with E-state index in [2.05, 4.69) is 6.07 Å². The van der Waals surface area contributed by atoms with Crippen molar-refractivity contribution in [2.75, 3.05) is 0 Å². The van der Waals surface area contributed by atoms with Gasteiger partial charge in [0.05, 0.1) is 5.57 Å². The van der Waals surface area contributed by atoms with Crippen molar-refractivity contribution in [3.8, 4) is 6.07 Å². The predicted molar refractivity (Wildman–Crippen MR) is 73.9 cm³/mol. The van der Waals surface area contributed by atoms with E-state index < -0.39 is 0 Å². The molecular weight excluding hydrogens is 252 g/mol. The quantitative estimate of drug-likeness (QED) is 0.796. The molecule has 106 valence electrons. The van der Waals surface area contributed by atoms with E-state index in [1.54, 1.807) is 0 Å². The van der Waals surface area contributed by atoms with Gasteiger partial charge in [-0.15, -0.1) is 0 Å². The van der Waals surface area contributed by atoms with Crippen molar-refractivity contribution in [2.24, 2.45) is 17.6 Å². The highest BCUT2D eigenvalue weighted by Crippen LogP contribution is 2.45. The Labute approximate surface area is 119 Å². The molecular formula is C16H20N2O2. The summed E-state index contributed by atoms with van der Waals surface area (Å²) in [5.41, 5.74) is 7.16. The fourth-order valence-corrected chi connectivity index (χ4v) is 3.84. The third-order valence-electron chi connectivity index (χ3n) is 4.77. The summed E-state index contributed by atoms with van der Waals surface area (Å²) in [6.45, 7) is 0. The summed E-state index contributed by atoms with van der Waals surface area (Å²) in [5, 5.41) is 9.44. The number of nitrogens with two attached hydrogens (primary N) is 1. The van der Waals surface area contributed by atoms with Crippen LogP contribution in [0, 0.1) is 23.2 Å². The molecule has 0 aromatic rings. The number of hydrogen-bond donors (Lipinski definition) is 1. The molecule has 1 unspecified atom stereocenters. The highest BCUT2D eigenvalue weighted by Gasteiger charge is 2.41. The zero-order chi connectivity index (χ0) is 14.1. The lowest BCUT2D eigenvalue weighted by Gasteiger charge is -2.36. The second-order valence-corrected chi connectivity index (χ2v) is 5.98. The number of allylic oxidation sites excluding steroid dienone is 3. The van der Waals surface area contributed by atoms with E-state index >= 15 is 0 Å². The first-order valence-corrected chi connectivity index (χ1v) is 7.56. The second kappa shape index (κ2) is 5.32. The Balaban J connectivity index is 2.03. The first-order chi connectivity index (χ1) is 9.72. The third kappa shape index (κ3) is 2.11. The van der Waals surface area contributed by atoms with Gasteiger partial charge in [-0.2, -0.15) is 5.26 Å². The fraction of sp³-hybridized carbons (Fsp3) is 0.625. The monoisotopic (exact) mass is 272 g/mol. The van der Waals surface area contributed by atoms with Crippen LogP contribution in [0.25, 0.3) is 0 Å². The molecule has 0 amide bonds. The molecule has 20 heavy (non-hydrogen) atoms. The second-order valence-electron chi connectivity index (χ2n) is 5.98. The normalized spacial score (nSPS) is 27.9. The maximum Gasteiger partial charge on any atom is 0.204 e. The molecule has 4 nitrogen and oxygen atoms in total. The van der Waals surface area contributed by atoms with Crippen molar-refractivity contribution < 1.29 is 9.53 Å². The molecule has 1 fully saturated rings. The Morgan fingerprint density at radius 1 is 1.15 bits per heavy atom. The Hall–Kier alpha value is -1.76.